The van der Waals surface area contributed by atoms with E-state index in [0.717, 1.165) is 18.3 Å². The summed E-state index contributed by atoms with van der Waals surface area (Å²) in [5, 5.41) is 3.24. The summed E-state index contributed by atoms with van der Waals surface area (Å²) in [7, 11) is 0. The van der Waals surface area contributed by atoms with Gasteiger partial charge in [0.1, 0.15) is 18.0 Å². The largest absolute Gasteiger partial charge is 0.384 e. The van der Waals surface area contributed by atoms with E-state index in [1.165, 1.54) is 32.0 Å². The van der Waals surface area contributed by atoms with Gasteiger partial charge in [0.15, 0.2) is 0 Å². The number of nitrogens with one attached hydrogen (secondary N) is 1. The SMILES string of the molecule is Nc1cc(NCCCC2CC2)ncn1. The van der Waals surface area contributed by atoms with Crippen LogP contribution in [0.15, 0.2) is 12.4 Å². The molecule has 1 aromatic heterocycles. The molecule has 0 aliphatic heterocycles. The average Bonchev–Trinajstić information content (AvgIpc) is 2.96. The molecule has 0 saturated heterocycles. The first-order valence-electron chi connectivity index (χ1n) is 5.16. The lowest BCUT2D eigenvalue weighted by Crippen LogP contribution is -2.04. The Balaban J connectivity index is 1.68. The second-order valence-corrected chi connectivity index (χ2v) is 3.84. The fourth-order valence-corrected chi connectivity index (χ4v) is 1.48. The molecule has 1 aliphatic carbocycles. The first-order chi connectivity index (χ1) is 6.84. The number of nitrogens with two attached hydrogens (primary N) is 1. The van der Waals surface area contributed by atoms with Gasteiger partial charge < -0.3 is 11.1 Å². The van der Waals surface area contributed by atoms with Crippen molar-refractivity contribution in [2.24, 2.45) is 5.92 Å². The summed E-state index contributed by atoms with van der Waals surface area (Å²) in [6.07, 6.45) is 6.90. The lowest BCUT2D eigenvalue weighted by atomic mass is 10.2. The molecule has 14 heavy (non-hydrogen) atoms. The van der Waals surface area contributed by atoms with E-state index in [0.29, 0.717) is 5.82 Å². The van der Waals surface area contributed by atoms with Crippen molar-refractivity contribution in [3.8, 4) is 0 Å². The fraction of sp³-hybridized carbons (Fsp3) is 0.600. The molecule has 1 aliphatic rings. The minimum absolute atomic E-state index is 0.518. The molecule has 1 fully saturated rings. The zero-order valence-electron chi connectivity index (χ0n) is 8.24. The van der Waals surface area contributed by atoms with Crippen molar-refractivity contribution in [1.29, 1.82) is 0 Å². The van der Waals surface area contributed by atoms with Crippen molar-refractivity contribution >= 4 is 11.6 Å². The lowest BCUT2D eigenvalue weighted by Gasteiger charge is -2.04. The van der Waals surface area contributed by atoms with Crippen LogP contribution in [0.3, 0.4) is 0 Å². The van der Waals surface area contributed by atoms with Crippen LogP contribution in [-0.2, 0) is 0 Å². The van der Waals surface area contributed by atoms with Crippen LogP contribution in [0, 0.1) is 5.92 Å². The third kappa shape index (κ3) is 2.87. The van der Waals surface area contributed by atoms with Gasteiger partial charge in [-0.2, -0.15) is 0 Å². The number of anilines is 2. The van der Waals surface area contributed by atoms with Gasteiger partial charge in [0.05, 0.1) is 0 Å². The van der Waals surface area contributed by atoms with Crippen molar-refractivity contribution < 1.29 is 0 Å². The third-order valence-corrected chi connectivity index (χ3v) is 2.48. The Hall–Kier alpha value is -1.32. The average molecular weight is 192 g/mol. The zero-order valence-corrected chi connectivity index (χ0v) is 8.24. The molecule has 4 heteroatoms. The molecule has 4 nitrogen and oxygen atoms in total. The van der Waals surface area contributed by atoms with E-state index in [2.05, 4.69) is 15.3 Å². The van der Waals surface area contributed by atoms with Crippen molar-refractivity contribution in [3.63, 3.8) is 0 Å². The molecule has 0 atom stereocenters. The molecule has 0 aromatic carbocycles. The summed E-state index contributed by atoms with van der Waals surface area (Å²) < 4.78 is 0. The Morgan fingerprint density at radius 1 is 1.43 bits per heavy atom. The minimum atomic E-state index is 0.518. The van der Waals surface area contributed by atoms with E-state index in [1.807, 2.05) is 0 Å². The number of hydrogen-bond donors (Lipinski definition) is 2. The highest BCUT2D eigenvalue weighted by molar-refractivity contribution is 5.42. The molecular formula is C10H16N4. The molecule has 76 valence electrons. The van der Waals surface area contributed by atoms with Crippen molar-refractivity contribution in [2.45, 2.75) is 25.7 Å². The Labute approximate surface area is 83.9 Å². The number of aromatic nitrogens is 2. The van der Waals surface area contributed by atoms with Gasteiger partial charge in [0, 0.05) is 12.6 Å². The van der Waals surface area contributed by atoms with Crippen LogP contribution in [0.2, 0.25) is 0 Å². The van der Waals surface area contributed by atoms with Gasteiger partial charge in [-0.25, -0.2) is 9.97 Å². The summed E-state index contributed by atoms with van der Waals surface area (Å²) in [5.74, 6) is 2.35. The van der Waals surface area contributed by atoms with E-state index in [9.17, 15) is 0 Å². The lowest BCUT2D eigenvalue weighted by molar-refractivity contribution is 0.686. The molecular weight excluding hydrogens is 176 g/mol. The topological polar surface area (TPSA) is 63.8 Å². The van der Waals surface area contributed by atoms with E-state index >= 15 is 0 Å². The Bertz CT molecular complexity index is 296. The first kappa shape index (κ1) is 9.24. The molecule has 3 N–H and O–H groups in total. The highest BCUT2D eigenvalue weighted by Crippen LogP contribution is 2.33. The maximum Gasteiger partial charge on any atom is 0.131 e. The van der Waals surface area contributed by atoms with Crippen LogP contribution < -0.4 is 11.1 Å². The summed E-state index contributed by atoms with van der Waals surface area (Å²) in [6.45, 7) is 0.979. The second-order valence-electron chi connectivity index (χ2n) is 3.84. The highest BCUT2D eigenvalue weighted by Gasteiger charge is 2.19. The Kier molecular flexibility index (Phi) is 2.81. The van der Waals surface area contributed by atoms with Crippen LogP contribution in [0.25, 0.3) is 0 Å². The number of nitrogen functional groups attached to an aromatic ring is 1. The highest BCUT2D eigenvalue weighted by atomic mass is 15.0. The van der Waals surface area contributed by atoms with Gasteiger partial charge in [0.25, 0.3) is 0 Å². The van der Waals surface area contributed by atoms with E-state index in [1.54, 1.807) is 6.07 Å². The van der Waals surface area contributed by atoms with E-state index < -0.39 is 0 Å². The monoisotopic (exact) mass is 192 g/mol. The number of rotatable bonds is 5. The molecule has 1 saturated carbocycles. The van der Waals surface area contributed by atoms with Gasteiger partial charge in [-0.3, -0.25) is 0 Å². The van der Waals surface area contributed by atoms with Gasteiger partial charge in [-0.15, -0.1) is 0 Å². The van der Waals surface area contributed by atoms with Gasteiger partial charge in [0.2, 0.25) is 0 Å². The molecule has 0 unspecified atom stereocenters. The molecule has 0 radical (unpaired) electrons. The number of nitrogens with zero attached hydrogens (tertiary/aromatic N) is 2. The quantitative estimate of drug-likeness (QED) is 0.696. The number of hydrogen-bond acceptors (Lipinski definition) is 4. The maximum atomic E-state index is 5.53. The standard InChI is InChI=1S/C10H16N4/c11-9-6-10(14-7-13-9)12-5-1-2-8-3-4-8/h6-8H,1-5H2,(H3,11,12,13,14). The maximum absolute atomic E-state index is 5.53. The van der Waals surface area contributed by atoms with Crippen LogP contribution in [-0.4, -0.2) is 16.5 Å². The minimum Gasteiger partial charge on any atom is -0.384 e. The first-order valence-corrected chi connectivity index (χ1v) is 5.16. The molecule has 1 aromatic rings. The summed E-state index contributed by atoms with van der Waals surface area (Å²) in [4.78, 5) is 7.90. The molecule has 0 spiro atoms. The normalized spacial score (nSPS) is 15.4. The Morgan fingerprint density at radius 2 is 2.29 bits per heavy atom. The summed E-state index contributed by atoms with van der Waals surface area (Å²) in [6, 6.07) is 1.76. The molecule has 0 bridgehead atoms. The van der Waals surface area contributed by atoms with Crippen molar-refractivity contribution in [2.75, 3.05) is 17.6 Å². The van der Waals surface area contributed by atoms with Crippen LogP contribution in [0.4, 0.5) is 11.6 Å². The van der Waals surface area contributed by atoms with Gasteiger partial charge in [-0.05, 0) is 18.8 Å². The Morgan fingerprint density at radius 3 is 3.00 bits per heavy atom. The van der Waals surface area contributed by atoms with Crippen LogP contribution >= 0.6 is 0 Å². The smallest absolute Gasteiger partial charge is 0.131 e. The summed E-state index contributed by atoms with van der Waals surface area (Å²) in [5.41, 5.74) is 5.53. The van der Waals surface area contributed by atoms with Crippen LogP contribution in [0.5, 0.6) is 0 Å². The summed E-state index contributed by atoms with van der Waals surface area (Å²) >= 11 is 0. The zero-order chi connectivity index (χ0) is 9.80. The fourth-order valence-electron chi connectivity index (χ4n) is 1.48. The van der Waals surface area contributed by atoms with Crippen molar-refractivity contribution in [1.82, 2.24) is 9.97 Å². The van der Waals surface area contributed by atoms with E-state index in [4.69, 9.17) is 5.73 Å². The van der Waals surface area contributed by atoms with Crippen LogP contribution in [0.1, 0.15) is 25.7 Å². The molecule has 2 rings (SSSR count). The van der Waals surface area contributed by atoms with Crippen molar-refractivity contribution in [3.05, 3.63) is 12.4 Å². The third-order valence-electron chi connectivity index (χ3n) is 2.48. The predicted octanol–water partition coefficient (Wildman–Crippen LogP) is 1.66. The second kappa shape index (κ2) is 4.26. The molecule has 1 heterocycles. The van der Waals surface area contributed by atoms with E-state index in [-0.39, 0.29) is 0 Å². The molecule has 0 amide bonds. The van der Waals surface area contributed by atoms with Gasteiger partial charge in [-0.1, -0.05) is 12.8 Å². The predicted molar refractivity (Wildman–Crippen MR) is 56.9 cm³/mol. The van der Waals surface area contributed by atoms with Gasteiger partial charge >= 0.3 is 0 Å².